The van der Waals surface area contributed by atoms with E-state index < -0.39 is 0 Å². The number of likely N-dealkylation sites (tertiary alicyclic amines) is 1. The van der Waals surface area contributed by atoms with E-state index in [-0.39, 0.29) is 23.4 Å². The zero-order valence-corrected chi connectivity index (χ0v) is 17.3. The Kier molecular flexibility index (Phi) is 6.29. The second kappa shape index (κ2) is 8.50. The number of nitrogens with zero attached hydrogens (tertiary/aromatic N) is 4. The van der Waals surface area contributed by atoms with Crippen molar-refractivity contribution in [3.8, 4) is 0 Å². The van der Waals surface area contributed by atoms with Crippen molar-refractivity contribution in [2.45, 2.75) is 51.9 Å². The average Bonchev–Trinajstić information content (AvgIpc) is 3.32. The van der Waals surface area contributed by atoms with Crippen LogP contribution in [0.1, 0.15) is 44.5 Å². The first-order valence-electron chi connectivity index (χ1n) is 9.31. The molecule has 1 aliphatic heterocycles. The number of methoxy groups -OCH3 is 1. The van der Waals surface area contributed by atoms with Gasteiger partial charge in [-0.2, -0.15) is 5.10 Å². The Morgan fingerprint density at radius 1 is 1.41 bits per heavy atom. The van der Waals surface area contributed by atoms with Crippen LogP contribution in [0.5, 0.6) is 0 Å². The summed E-state index contributed by atoms with van der Waals surface area (Å²) in [6, 6.07) is 0.0247. The largest absolute Gasteiger partial charge is 0.383 e. The molecular weight excluding hydrogens is 362 g/mol. The molecule has 0 saturated carbocycles. The second-order valence-electron chi connectivity index (χ2n) is 7.98. The van der Waals surface area contributed by atoms with Crippen LogP contribution < -0.4 is 5.32 Å². The first kappa shape index (κ1) is 20.0. The minimum atomic E-state index is -0.236. The van der Waals surface area contributed by atoms with E-state index in [1.54, 1.807) is 18.4 Å². The highest BCUT2D eigenvalue weighted by atomic mass is 32.1. The van der Waals surface area contributed by atoms with Gasteiger partial charge in [0.1, 0.15) is 0 Å². The Balaban J connectivity index is 1.76. The van der Waals surface area contributed by atoms with Crippen molar-refractivity contribution in [1.82, 2.24) is 25.0 Å². The van der Waals surface area contributed by atoms with Gasteiger partial charge >= 0.3 is 0 Å². The SMILES string of the molecule is COCCn1cc([C@H]2[C@H](CNCc3cscn3)CC(=O)N2C(C)(C)C)cn1. The first-order chi connectivity index (χ1) is 12.9. The second-order valence-corrected chi connectivity index (χ2v) is 8.70. The van der Waals surface area contributed by atoms with Crippen LogP contribution in [-0.4, -0.2) is 51.4 Å². The third kappa shape index (κ3) is 4.75. The lowest BCUT2D eigenvalue weighted by Gasteiger charge is -2.38. The van der Waals surface area contributed by atoms with Gasteiger partial charge < -0.3 is 15.0 Å². The summed E-state index contributed by atoms with van der Waals surface area (Å²) in [6.45, 7) is 9.11. The van der Waals surface area contributed by atoms with Crippen molar-refractivity contribution < 1.29 is 9.53 Å². The summed E-state index contributed by atoms with van der Waals surface area (Å²) in [5.74, 6) is 0.410. The minimum Gasteiger partial charge on any atom is -0.383 e. The number of carbonyl (C=O) groups is 1. The van der Waals surface area contributed by atoms with E-state index in [2.05, 4.69) is 42.4 Å². The van der Waals surface area contributed by atoms with E-state index in [9.17, 15) is 4.79 Å². The number of amides is 1. The topological polar surface area (TPSA) is 72.3 Å². The lowest BCUT2D eigenvalue weighted by Crippen LogP contribution is -2.44. The Morgan fingerprint density at radius 3 is 2.89 bits per heavy atom. The predicted octanol–water partition coefficient (Wildman–Crippen LogP) is 2.46. The summed E-state index contributed by atoms with van der Waals surface area (Å²) in [4.78, 5) is 19.2. The van der Waals surface area contributed by atoms with Crippen molar-refractivity contribution in [3.05, 3.63) is 34.5 Å². The van der Waals surface area contributed by atoms with Crippen LogP contribution in [0.3, 0.4) is 0 Å². The maximum Gasteiger partial charge on any atom is 0.223 e. The summed E-state index contributed by atoms with van der Waals surface area (Å²) in [7, 11) is 1.69. The molecule has 0 unspecified atom stereocenters. The molecule has 2 atom stereocenters. The number of hydrogen-bond acceptors (Lipinski definition) is 6. The summed E-state index contributed by atoms with van der Waals surface area (Å²) >= 11 is 1.60. The van der Waals surface area contributed by atoms with E-state index >= 15 is 0 Å². The molecule has 148 valence electrons. The number of hydrogen-bond donors (Lipinski definition) is 1. The van der Waals surface area contributed by atoms with Gasteiger partial charge in [-0.25, -0.2) is 4.98 Å². The molecule has 1 saturated heterocycles. The van der Waals surface area contributed by atoms with Gasteiger partial charge in [0.15, 0.2) is 0 Å². The van der Waals surface area contributed by atoms with Crippen LogP contribution in [0.25, 0.3) is 0 Å². The van der Waals surface area contributed by atoms with Crippen molar-refractivity contribution in [2.24, 2.45) is 5.92 Å². The standard InChI is InChI=1S/C19H29N5O2S/c1-19(2,3)24-17(25)7-14(8-20-10-16-12-27-13-21-16)18(24)15-9-22-23(11-15)5-6-26-4/h9,11-14,18,20H,5-8,10H2,1-4H3/t14-,18+/m0/s1. The van der Waals surface area contributed by atoms with Crippen LogP contribution in [-0.2, 0) is 22.6 Å². The lowest BCUT2D eigenvalue weighted by atomic mass is 9.93. The van der Waals surface area contributed by atoms with Gasteiger partial charge in [-0.1, -0.05) is 0 Å². The Labute approximate surface area is 164 Å². The molecule has 0 radical (unpaired) electrons. The van der Waals surface area contributed by atoms with Gasteiger partial charge in [0.25, 0.3) is 0 Å². The Morgan fingerprint density at radius 2 is 2.22 bits per heavy atom. The van der Waals surface area contributed by atoms with Gasteiger partial charge in [-0.3, -0.25) is 9.48 Å². The zero-order chi connectivity index (χ0) is 19.4. The maximum absolute atomic E-state index is 12.8. The van der Waals surface area contributed by atoms with Crippen molar-refractivity contribution in [2.75, 3.05) is 20.3 Å². The van der Waals surface area contributed by atoms with Gasteiger partial charge in [0, 0.05) is 55.2 Å². The Hall–Kier alpha value is -1.77. The van der Waals surface area contributed by atoms with E-state index in [0.717, 1.165) is 24.3 Å². The highest BCUT2D eigenvalue weighted by Crippen LogP contribution is 2.42. The molecule has 2 aromatic rings. The first-order valence-corrected chi connectivity index (χ1v) is 10.3. The van der Waals surface area contributed by atoms with Crippen molar-refractivity contribution in [1.29, 1.82) is 0 Å². The van der Waals surface area contributed by atoms with E-state index in [1.165, 1.54) is 0 Å². The zero-order valence-electron chi connectivity index (χ0n) is 16.5. The molecule has 3 heterocycles. The molecule has 1 fully saturated rings. The predicted molar refractivity (Wildman–Crippen MR) is 105 cm³/mol. The molecule has 2 aromatic heterocycles. The number of ether oxygens (including phenoxy) is 1. The average molecular weight is 392 g/mol. The molecule has 8 heteroatoms. The fraction of sp³-hybridized carbons (Fsp3) is 0.632. The fourth-order valence-electron chi connectivity index (χ4n) is 3.75. The van der Waals surface area contributed by atoms with E-state index in [1.807, 2.05) is 26.7 Å². The minimum absolute atomic E-state index is 0.0247. The molecule has 1 aliphatic rings. The normalized spacial score (nSPS) is 20.6. The molecular formula is C19H29N5O2S. The van der Waals surface area contributed by atoms with Crippen LogP contribution in [0, 0.1) is 5.92 Å². The number of nitrogens with one attached hydrogen (secondary N) is 1. The van der Waals surface area contributed by atoms with Crippen LogP contribution >= 0.6 is 11.3 Å². The highest BCUT2D eigenvalue weighted by molar-refractivity contribution is 7.07. The number of aromatic nitrogens is 3. The van der Waals surface area contributed by atoms with Crippen LogP contribution in [0.2, 0.25) is 0 Å². The molecule has 7 nitrogen and oxygen atoms in total. The number of thiazole rings is 1. The van der Waals surface area contributed by atoms with Crippen molar-refractivity contribution >= 4 is 17.2 Å². The Bertz CT molecular complexity index is 738. The monoisotopic (exact) mass is 391 g/mol. The summed E-state index contributed by atoms with van der Waals surface area (Å²) in [6.07, 6.45) is 4.49. The van der Waals surface area contributed by atoms with Crippen LogP contribution in [0.15, 0.2) is 23.3 Å². The number of rotatable bonds is 8. The molecule has 1 amide bonds. The van der Waals surface area contributed by atoms with Gasteiger partial charge in [0.2, 0.25) is 5.91 Å². The maximum atomic E-state index is 12.8. The summed E-state index contributed by atoms with van der Waals surface area (Å²) in [5.41, 5.74) is 3.74. The van der Waals surface area contributed by atoms with Gasteiger partial charge in [-0.15, -0.1) is 11.3 Å². The van der Waals surface area contributed by atoms with Gasteiger partial charge in [0.05, 0.1) is 36.6 Å². The third-order valence-electron chi connectivity index (χ3n) is 4.87. The van der Waals surface area contributed by atoms with E-state index in [4.69, 9.17) is 4.74 Å². The summed E-state index contributed by atoms with van der Waals surface area (Å²) in [5, 5.41) is 9.99. The molecule has 0 spiro atoms. The quantitative estimate of drug-likeness (QED) is 0.748. The lowest BCUT2D eigenvalue weighted by molar-refractivity contribution is -0.133. The fourth-order valence-corrected chi connectivity index (χ4v) is 4.30. The smallest absolute Gasteiger partial charge is 0.223 e. The third-order valence-corrected chi connectivity index (χ3v) is 5.50. The molecule has 0 aromatic carbocycles. The molecule has 0 bridgehead atoms. The molecule has 1 N–H and O–H groups in total. The highest BCUT2D eigenvalue weighted by Gasteiger charge is 2.45. The summed E-state index contributed by atoms with van der Waals surface area (Å²) < 4.78 is 7.03. The molecule has 0 aliphatic carbocycles. The van der Waals surface area contributed by atoms with Gasteiger partial charge in [-0.05, 0) is 20.8 Å². The molecule has 3 rings (SSSR count). The number of carbonyl (C=O) groups excluding carboxylic acids is 1. The van der Waals surface area contributed by atoms with Crippen molar-refractivity contribution in [3.63, 3.8) is 0 Å². The van der Waals surface area contributed by atoms with E-state index in [0.29, 0.717) is 19.6 Å². The molecule has 27 heavy (non-hydrogen) atoms. The van der Waals surface area contributed by atoms with Crippen LogP contribution in [0.4, 0.5) is 0 Å².